The number of nitrogens with zero attached hydrogens (tertiary/aromatic N) is 4. The van der Waals surface area contributed by atoms with E-state index >= 15 is 0 Å². The van der Waals surface area contributed by atoms with Gasteiger partial charge in [0.15, 0.2) is 0 Å². The molecule has 0 amide bonds. The number of pyridine rings is 1. The summed E-state index contributed by atoms with van der Waals surface area (Å²) < 4.78 is 13.1. The van der Waals surface area contributed by atoms with Crippen LogP contribution in [-0.4, -0.2) is 25.1 Å². The molecule has 27 heavy (non-hydrogen) atoms. The first-order valence-corrected chi connectivity index (χ1v) is 8.29. The summed E-state index contributed by atoms with van der Waals surface area (Å²) in [6.07, 6.45) is 8.39. The Morgan fingerprint density at radius 2 is 1.78 bits per heavy atom. The summed E-state index contributed by atoms with van der Waals surface area (Å²) in [5.41, 5.74) is 2.83. The summed E-state index contributed by atoms with van der Waals surface area (Å²) in [7, 11) is 0. The van der Waals surface area contributed by atoms with E-state index in [1.54, 1.807) is 36.9 Å². The highest BCUT2D eigenvalue weighted by Gasteiger charge is 2.07. The number of benzene rings is 1. The Morgan fingerprint density at radius 1 is 0.926 bits per heavy atom. The monoisotopic (exact) mass is 361 g/mol. The van der Waals surface area contributed by atoms with Crippen molar-refractivity contribution in [1.82, 2.24) is 25.1 Å². The van der Waals surface area contributed by atoms with Crippen LogP contribution in [0.5, 0.6) is 0 Å². The van der Waals surface area contributed by atoms with Crippen LogP contribution in [0, 0.1) is 5.82 Å². The average molecular weight is 361 g/mol. The topological polar surface area (TPSA) is 91.4 Å². The van der Waals surface area contributed by atoms with Crippen molar-refractivity contribution >= 4 is 17.5 Å². The van der Waals surface area contributed by atoms with Crippen LogP contribution < -0.4 is 10.6 Å². The third kappa shape index (κ3) is 4.24. The molecule has 3 aromatic heterocycles. The predicted octanol–water partition coefficient (Wildman–Crippen LogP) is 3.76. The minimum Gasteiger partial charge on any atom is -0.366 e. The van der Waals surface area contributed by atoms with Crippen molar-refractivity contribution in [3.8, 4) is 11.1 Å². The maximum Gasteiger partial charge on any atom is 0.150 e. The molecule has 0 aliphatic heterocycles. The second-order valence-electron chi connectivity index (χ2n) is 5.81. The molecule has 8 heteroatoms. The van der Waals surface area contributed by atoms with Crippen molar-refractivity contribution in [1.29, 1.82) is 0 Å². The first kappa shape index (κ1) is 16.6. The average Bonchev–Trinajstić information content (AvgIpc) is 3.23. The van der Waals surface area contributed by atoms with Gasteiger partial charge in [-0.2, -0.15) is 5.10 Å². The highest BCUT2D eigenvalue weighted by Crippen LogP contribution is 2.25. The normalized spacial score (nSPS) is 10.6. The number of hydrogen-bond acceptors (Lipinski definition) is 6. The van der Waals surface area contributed by atoms with Crippen molar-refractivity contribution in [3.63, 3.8) is 0 Å². The van der Waals surface area contributed by atoms with Gasteiger partial charge in [-0.3, -0.25) is 10.1 Å². The SMILES string of the molecule is Fc1ccc(CNc2cc(-c3cn[nH]c3)cc(Nc3cnccn3)n2)cc1. The van der Waals surface area contributed by atoms with Gasteiger partial charge in [0.25, 0.3) is 0 Å². The van der Waals surface area contributed by atoms with E-state index in [0.717, 1.165) is 16.7 Å². The summed E-state index contributed by atoms with van der Waals surface area (Å²) in [4.78, 5) is 12.8. The minimum absolute atomic E-state index is 0.255. The van der Waals surface area contributed by atoms with Gasteiger partial charge in [0.05, 0.1) is 12.4 Å². The van der Waals surface area contributed by atoms with Gasteiger partial charge < -0.3 is 10.6 Å². The molecule has 0 radical (unpaired) electrons. The lowest BCUT2D eigenvalue weighted by atomic mass is 10.1. The predicted molar refractivity (Wildman–Crippen MR) is 101 cm³/mol. The number of aromatic nitrogens is 5. The number of anilines is 3. The van der Waals surface area contributed by atoms with Crippen LogP contribution in [0.3, 0.4) is 0 Å². The van der Waals surface area contributed by atoms with Gasteiger partial charge in [0.2, 0.25) is 0 Å². The van der Waals surface area contributed by atoms with Gasteiger partial charge in [-0.25, -0.2) is 14.4 Å². The standard InChI is InChI=1S/C19H16FN7/c20-16-3-1-13(2-4-16)9-23-17-7-14(15-10-24-25-11-15)8-18(26-17)27-19-12-21-5-6-22-19/h1-8,10-12H,9H2,(H,24,25)(H2,22,23,26,27). The second kappa shape index (κ2) is 7.61. The minimum atomic E-state index is -0.255. The first-order valence-electron chi connectivity index (χ1n) is 8.29. The Labute approximate surface area is 154 Å². The fourth-order valence-corrected chi connectivity index (χ4v) is 2.55. The van der Waals surface area contributed by atoms with Gasteiger partial charge >= 0.3 is 0 Å². The number of rotatable bonds is 6. The van der Waals surface area contributed by atoms with Crippen LogP contribution in [-0.2, 0) is 6.54 Å². The third-order valence-electron chi connectivity index (χ3n) is 3.86. The second-order valence-corrected chi connectivity index (χ2v) is 5.81. The zero-order valence-electron chi connectivity index (χ0n) is 14.2. The Kier molecular flexibility index (Phi) is 4.69. The van der Waals surface area contributed by atoms with E-state index in [1.807, 2.05) is 18.3 Å². The van der Waals surface area contributed by atoms with E-state index in [4.69, 9.17) is 0 Å². The van der Waals surface area contributed by atoms with Crippen molar-refractivity contribution in [2.45, 2.75) is 6.54 Å². The van der Waals surface area contributed by atoms with Gasteiger partial charge in [-0.1, -0.05) is 12.1 Å². The van der Waals surface area contributed by atoms with E-state index in [-0.39, 0.29) is 5.82 Å². The number of hydrogen-bond donors (Lipinski definition) is 3. The Bertz CT molecular complexity index is 1000. The molecular weight excluding hydrogens is 345 g/mol. The maximum absolute atomic E-state index is 13.1. The lowest BCUT2D eigenvalue weighted by Gasteiger charge is -2.11. The molecule has 3 heterocycles. The van der Waals surface area contributed by atoms with Crippen molar-refractivity contribution in [3.05, 3.63) is 78.8 Å². The first-order chi connectivity index (χ1) is 13.3. The van der Waals surface area contributed by atoms with Crippen molar-refractivity contribution < 1.29 is 4.39 Å². The largest absolute Gasteiger partial charge is 0.366 e. The van der Waals surface area contributed by atoms with E-state index in [0.29, 0.717) is 24.0 Å². The van der Waals surface area contributed by atoms with Crippen LogP contribution in [0.15, 0.2) is 67.4 Å². The van der Waals surface area contributed by atoms with E-state index in [2.05, 4.69) is 35.8 Å². The zero-order valence-corrected chi connectivity index (χ0v) is 14.2. The molecule has 4 rings (SSSR count). The number of nitrogens with one attached hydrogen (secondary N) is 3. The molecule has 0 aliphatic rings. The molecule has 3 N–H and O–H groups in total. The Morgan fingerprint density at radius 3 is 2.52 bits per heavy atom. The molecule has 0 unspecified atom stereocenters. The molecule has 0 saturated heterocycles. The fraction of sp³-hybridized carbons (Fsp3) is 0.0526. The molecule has 0 atom stereocenters. The van der Waals surface area contributed by atoms with Gasteiger partial charge in [-0.05, 0) is 35.4 Å². The van der Waals surface area contributed by atoms with Crippen LogP contribution in [0.2, 0.25) is 0 Å². The molecule has 0 spiro atoms. The number of aromatic amines is 1. The number of halogens is 1. The molecule has 7 nitrogen and oxygen atoms in total. The summed E-state index contributed by atoms with van der Waals surface area (Å²) in [5.74, 6) is 1.63. The summed E-state index contributed by atoms with van der Waals surface area (Å²) in [6, 6.07) is 10.2. The van der Waals surface area contributed by atoms with Crippen molar-refractivity contribution in [2.75, 3.05) is 10.6 Å². The molecule has 0 fully saturated rings. The zero-order chi connectivity index (χ0) is 18.5. The van der Waals surface area contributed by atoms with Crippen molar-refractivity contribution in [2.24, 2.45) is 0 Å². The lowest BCUT2D eigenvalue weighted by Crippen LogP contribution is -2.04. The summed E-state index contributed by atoms with van der Waals surface area (Å²) in [6.45, 7) is 0.521. The smallest absolute Gasteiger partial charge is 0.150 e. The van der Waals surface area contributed by atoms with Gasteiger partial charge in [-0.15, -0.1) is 0 Å². The highest BCUT2D eigenvalue weighted by atomic mass is 19.1. The van der Waals surface area contributed by atoms with E-state index in [1.165, 1.54) is 12.1 Å². The van der Waals surface area contributed by atoms with E-state index in [9.17, 15) is 4.39 Å². The highest BCUT2D eigenvalue weighted by molar-refractivity contribution is 5.70. The molecule has 0 bridgehead atoms. The maximum atomic E-state index is 13.1. The molecule has 134 valence electrons. The molecule has 4 aromatic rings. The van der Waals surface area contributed by atoms with E-state index < -0.39 is 0 Å². The Hall–Kier alpha value is -3.81. The van der Waals surface area contributed by atoms with Crippen LogP contribution >= 0.6 is 0 Å². The molecular formula is C19H16FN7. The van der Waals surface area contributed by atoms with Gasteiger partial charge in [0, 0.05) is 30.7 Å². The quantitative estimate of drug-likeness (QED) is 0.484. The van der Waals surface area contributed by atoms with Crippen LogP contribution in [0.25, 0.3) is 11.1 Å². The number of H-pyrrole nitrogens is 1. The fourth-order valence-electron chi connectivity index (χ4n) is 2.55. The van der Waals surface area contributed by atoms with Crippen LogP contribution in [0.4, 0.5) is 21.8 Å². The lowest BCUT2D eigenvalue weighted by molar-refractivity contribution is 0.627. The van der Waals surface area contributed by atoms with Gasteiger partial charge in [0.1, 0.15) is 23.3 Å². The summed E-state index contributed by atoms with van der Waals surface area (Å²) >= 11 is 0. The van der Waals surface area contributed by atoms with Crippen LogP contribution in [0.1, 0.15) is 5.56 Å². The third-order valence-corrected chi connectivity index (χ3v) is 3.86. The molecule has 0 saturated carbocycles. The Balaban J connectivity index is 1.60. The summed E-state index contributed by atoms with van der Waals surface area (Å²) in [5, 5.41) is 13.2. The molecule has 1 aromatic carbocycles. The molecule has 0 aliphatic carbocycles.